The van der Waals surface area contributed by atoms with Crippen molar-refractivity contribution >= 4 is 0 Å². The molecule has 0 aliphatic heterocycles. The molecule has 0 amide bonds. The summed E-state index contributed by atoms with van der Waals surface area (Å²) in [6.45, 7) is 11.5. The molecule has 0 saturated heterocycles. The molecule has 0 spiro atoms. The summed E-state index contributed by atoms with van der Waals surface area (Å²) in [6, 6.07) is 0.383. The molecule has 1 N–H and O–H groups in total. The van der Waals surface area contributed by atoms with Crippen molar-refractivity contribution in [3.63, 3.8) is 0 Å². The fraction of sp³-hybridized carbons (Fsp3) is 0.857. The van der Waals surface area contributed by atoms with Crippen LogP contribution >= 0.6 is 0 Å². The van der Waals surface area contributed by atoms with Gasteiger partial charge >= 0.3 is 0 Å². The molecule has 1 aromatic rings. The predicted molar refractivity (Wildman–Crippen MR) is 75.0 cm³/mol. The zero-order chi connectivity index (χ0) is 14.5. The number of nitrogens with one attached hydrogen (secondary N) is 1. The van der Waals surface area contributed by atoms with Crippen molar-refractivity contribution in [3.8, 4) is 0 Å². The zero-order valence-corrected chi connectivity index (χ0v) is 13.0. The van der Waals surface area contributed by atoms with E-state index in [1.807, 2.05) is 0 Å². The van der Waals surface area contributed by atoms with Crippen molar-refractivity contribution in [3.05, 3.63) is 11.7 Å². The van der Waals surface area contributed by atoms with E-state index in [9.17, 15) is 0 Å². The minimum absolute atomic E-state index is 0.0538. The average Bonchev–Trinajstić information content (AvgIpc) is 2.75. The number of nitrogens with zero attached hydrogens (tertiary/aromatic N) is 2. The summed E-state index contributed by atoms with van der Waals surface area (Å²) >= 11 is 0. The van der Waals surface area contributed by atoms with E-state index in [4.69, 9.17) is 9.26 Å². The number of aromatic nitrogens is 2. The van der Waals surface area contributed by atoms with Crippen LogP contribution in [0.15, 0.2) is 4.52 Å². The van der Waals surface area contributed by atoms with Crippen molar-refractivity contribution in [1.82, 2.24) is 15.5 Å². The highest BCUT2D eigenvalue weighted by molar-refractivity contribution is 4.97. The molecule has 0 fully saturated rings. The van der Waals surface area contributed by atoms with Crippen LogP contribution in [0.5, 0.6) is 0 Å². The second kappa shape index (κ2) is 7.01. The van der Waals surface area contributed by atoms with Gasteiger partial charge in [0.2, 0.25) is 11.7 Å². The first kappa shape index (κ1) is 16.1. The molecule has 1 heterocycles. The van der Waals surface area contributed by atoms with Crippen LogP contribution in [0.25, 0.3) is 0 Å². The molecule has 0 aromatic carbocycles. The predicted octanol–water partition coefficient (Wildman–Crippen LogP) is 2.73. The summed E-state index contributed by atoms with van der Waals surface area (Å²) in [5.74, 6) is 1.31. The molecule has 0 saturated carbocycles. The minimum atomic E-state index is -0.149. The number of rotatable bonds is 7. The van der Waals surface area contributed by atoms with Gasteiger partial charge in [-0.15, -0.1) is 0 Å². The molecule has 0 aliphatic carbocycles. The lowest BCUT2D eigenvalue weighted by atomic mass is 9.88. The Bertz CT molecular complexity index is 371. The Morgan fingerprint density at radius 3 is 2.47 bits per heavy atom. The summed E-state index contributed by atoms with van der Waals surface area (Å²) in [5.41, 5.74) is -0.0538. The third-order valence-corrected chi connectivity index (χ3v) is 3.15. The highest BCUT2D eigenvalue weighted by atomic mass is 16.5. The maximum Gasteiger partial charge on any atom is 0.228 e. The van der Waals surface area contributed by atoms with Gasteiger partial charge in [0.1, 0.15) is 6.10 Å². The lowest BCUT2D eigenvalue weighted by Gasteiger charge is -2.26. The van der Waals surface area contributed by atoms with Crippen molar-refractivity contribution in [2.45, 2.75) is 59.6 Å². The minimum Gasteiger partial charge on any atom is -0.373 e. The molecule has 2 atom stereocenters. The lowest BCUT2D eigenvalue weighted by molar-refractivity contribution is 0.00718. The molecule has 5 heteroatoms. The SMILES string of the molecule is CCNC(CC)Cc1nc(C(OC)C(C)(C)C)no1. The summed E-state index contributed by atoms with van der Waals surface area (Å²) in [5, 5.41) is 7.47. The Balaban J connectivity index is 2.75. The summed E-state index contributed by atoms with van der Waals surface area (Å²) < 4.78 is 10.8. The smallest absolute Gasteiger partial charge is 0.228 e. The molecule has 110 valence electrons. The van der Waals surface area contributed by atoms with E-state index in [2.05, 4.69) is 50.1 Å². The Labute approximate surface area is 116 Å². The van der Waals surface area contributed by atoms with Crippen molar-refractivity contribution in [1.29, 1.82) is 0 Å². The molecular formula is C14H27N3O2. The Hall–Kier alpha value is -0.940. The summed E-state index contributed by atoms with van der Waals surface area (Å²) in [4.78, 5) is 4.48. The fourth-order valence-corrected chi connectivity index (χ4v) is 2.16. The number of likely N-dealkylation sites (N-methyl/N-ethyl adjacent to an activating group) is 1. The molecule has 5 nitrogen and oxygen atoms in total. The first-order valence-corrected chi connectivity index (χ1v) is 7.01. The van der Waals surface area contributed by atoms with Crippen LogP contribution in [0.1, 0.15) is 58.9 Å². The standard InChI is InChI=1S/C14H27N3O2/c1-7-10(15-8-2)9-11-16-13(17-19-11)12(18-6)14(3,4)5/h10,12,15H,7-9H2,1-6H3. The molecule has 0 aliphatic rings. The number of hydrogen-bond acceptors (Lipinski definition) is 5. The van der Waals surface area contributed by atoms with Gasteiger partial charge in [0, 0.05) is 19.6 Å². The lowest BCUT2D eigenvalue weighted by Crippen LogP contribution is -2.30. The van der Waals surface area contributed by atoms with Crippen LogP contribution in [0.2, 0.25) is 0 Å². The van der Waals surface area contributed by atoms with Gasteiger partial charge in [0.05, 0.1) is 0 Å². The van der Waals surface area contributed by atoms with E-state index < -0.39 is 0 Å². The van der Waals surface area contributed by atoms with E-state index in [1.165, 1.54) is 0 Å². The Morgan fingerprint density at radius 2 is 2.00 bits per heavy atom. The largest absolute Gasteiger partial charge is 0.373 e. The molecular weight excluding hydrogens is 242 g/mol. The molecule has 2 unspecified atom stereocenters. The Kier molecular flexibility index (Phi) is 5.94. The number of hydrogen-bond donors (Lipinski definition) is 1. The van der Waals surface area contributed by atoms with Gasteiger partial charge in [-0.25, -0.2) is 0 Å². The molecule has 1 aromatic heterocycles. The quantitative estimate of drug-likeness (QED) is 0.824. The zero-order valence-electron chi connectivity index (χ0n) is 13.0. The van der Waals surface area contributed by atoms with Crippen molar-refractivity contribution < 1.29 is 9.26 Å². The maximum absolute atomic E-state index is 5.49. The highest BCUT2D eigenvalue weighted by Crippen LogP contribution is 2.33. The first-order valence-electron chi connectivity index (χ1n) is 7.01. The second-order valence-electron chi connectivity index (χ2n) is 5.90. The van der Waals surface area contributed by atoms with Crippen LogP contribution < -0.4 is 5.32 Å². The number of methoxy groups -OCH3 is 1. The van der Waals surface area contributed by atoms with E-state index in [0.29, 0.717) is 17.8 Å². The van der Waals surface area contributed by atoms with Crippen LogP contribution in [0.3, 0.4) is 0 Å². The van der Waals surface area contributed by atoms with Crippen LogP contribution in [0, 0.1) is 5.41 Å². The molecule has 1 rings (SSSR count). The fourth-order valence-electron chi connectivity index (χ4n) is 2.16. The van der Waals surface area contributed by atoms with Gasteiger partial charge < -0.3 is 14.6 Å². The monoisotopic (exact) mass is 269 g/mol. The number of ether oxygens (including phenoxy) is 1. The van der Waals surface area contributed by atoms with Gasteiger partial charge in [-0.1, -0.05) is 39.8 Å². The van der Waals surface area contributed by atoms with Gasteiger partial charge in [-0.2, -0.15) is 4.98 Å². The molecule has 0 bridgehead atoms. The van der Waals surface area contributed by atoms with E-state index in [-0.39, 0.29) is 11.5 Å². The van der Waals surface area contributed by atoms with Gasteiger partial charge in [-0.05, 0) is 18.4 Å². The van der Waals surface area contributed by atoms with Gasteiger partial charge in [0.15, 0.2) is 0 Å². The van der Waals surface area contributed by atoms with E-state index >= 15 is 0 Å². The van der Waals surface area contributed by atoms with E-state index in [0.717, 1.165) is 19.4 Å². The topological polar surface area (TPSA) is 60.2 Å². The highest BCUT2D eigenvalue weighted by Gasteiger charge is 2.30. The maximum atomic E-state index is 5.49. The van der Waals surface area contributed by atoms with Crippen LogP contribution in [0.4, 0.5) is 0 Å². The summed E-state index contributed by atoms with van der Waals surface area (Å²) in [6.07, 6.45) is 1.65. The Morgan fingerprint density at radius 1 is 1.32 bits per heavy atom. The molecule has 0 radical (unpaired) electrons. The van der Waals surface area contributed by atoms with E-state index in [1.54, 1.807) is 7.11 Å². The van der Waals surface area contributed by atoms with Gasteiger partial charge in [-0.3, -0.25) is 0 Å². The van der Waals surface area contributed by atoms with Crippen LogP contribution in [-0.2, 0) is 11.2 Å². The first-order chi connectivity index (χ1) is 8.92. The third-order valence-electron chi connectivity index (χ3n) is 3.15. The van der Waals surface area contributed by atoms with Crippen LogP contribution in [-0.4, -0.2) is 29.8 Å². The second-order valence-corrected chi connectivity index (χ2v) is 5.90. The molecule has 19 heavy (non-hydrogen) atoms. The van der Waals surface area contributed by atoms with Crippen molar-refractivity contribution in [2.75, 3.05) is 13.7 Å². The normalized spacial score (nSPS) is 15.5. The van der Waals surface area contributed by atoms with Crippen molar-refractivity contribution in [2.24, 2.45) is 5.41 Å². The summed E-state index contributed by atoms with van der Waals surface area (Å²) in [7, 11) is 1.68. The average molecular weight is 269 g/mol. The third kappa shape index (κ3) is 4.58. The van der Waals surface area contributed by atoms with Gasteiger partial charge in [0.25, 0.3) is 0 Å².